The third-order valence-electron chi connectivity index (χ3n) is 3.58. The van der Waals surface area contributed by atoms with Gasteiger partial charge < -0.3 is 15.5 Å². The predicted octanol–water partition coefficient (Wildman–Crippen LogP) is 0.154. The maximum atomic E-state index is 7.71. The molecule has 0 bridgehead atoms. The van der Waals surface area contributed by atoms with Crippen LogP contribution in [0.4, 0.5) is 5.82 Å². The monoisotopic (exact) mass is 250 g/mol. The van der Waals surface area contributed by atoms with Crippen molar-refractivity contribution in [3.63, 3.8) is 0 Å². The van der Waals surface area contributed by atoms with E-state index in [-0.39, 0.29) is 5.84 Å². The molecular formula is C12H22N6. The molecule has 3 N–H and O–H groups in total. The fraction of sp³-hybridized carbons (Fsp3) is 0.667. The number of piperazine rings is 1. The van der Waals surface area contributed by atoms with Crippen molar-refractivity contribution >= 4 is 11.7 Å². The van der Waals surface area contributed by atoms with Crippen LogP contribution in [-0.2, 0) is 7.05 Å². The highest BCUT2D eigenvalue weighted by atomic mass is 15.4. The number of hydrogen-bond acceptors (Lipinski definition) is 4. The van der Waals surface area contributed by atoms with Crippen LogP contribution in [0.25, 0.3) is 0 Å². The van der Waals surface area contributed by atoms with Crippen LogP contribution in [0.15, 0.2) is 0 Å². The Hall–Kier alpha value is -1.56. The van der Waals surface area contributed by atoms with Crippen molar-refractivity contribution in [1.29, 1.82) is 5.41 Å². The quantitative estimate of drug-likeness (QED) is 0.592. The van der Waals surface area contributed by atoms with E-state index in [0.29, 0.717) is 0 Å². The molecule has 0 saturated carbocycles. The first kappa shape index (κ1) is 12.9. The van der Waals surface area contributed by atoms with E-state index in [2.05, 4.69) is 21.8 Å². The molecule has 2 rings (SSSR count). The molecule has 1 aliphatic rings. The summed E-state index contributed by atoms with van der Waals surface area (Å²) in [6.07, 6.45) is 0. The van der Waals surface area contributed by atoms with Gasteiger partial charge >= 0.3 is 0 Å². The fourth-order valence-electron chi connectivity index (χ4n) is 2.60. The van der Waals surface area contributed by atoms with Gasteiger partial charge in [-0.05, 0) is 13.5 Å². The number of nitrogens with zero attached hydrogens (tertiary/aromatic N) is 4. The minimum Gasteiger partial charge on any atom is -0.384 e. The minimum atomic E-state index is 0.105. The number of nitrogens with two attached hydrogens (primary N) is 1. The largest absolute Gasteiger partial charge is 0.384 e. The molecule has 6 heteroatoms. The Balaban J connectivity index is 2.26. The zero-order valence-electron chi connectivity index (χ0n) is 11.4. The second-order valence-electron chi connectivity index (χ2n) is 4.74. The number of likely N-dealkylation sites (N-methyl/N-ethyl adjacent to an activating group) is 1. The molecule has 0 amide bonds. The average molecular weight is 250 g/mol. The summed E-state index contributed by atoms with van der Waals surface area (Å²) in [7, 11) is 1.92. The highest BCUT2D eigenvalue weighted by molar-refractivity contribution is 6.00. The first-order valence-corrected chi connectivity index (χ1v) is 6.39. The molecule has 0 aromatic carbocycles. The number of aromatic nitrogens is 2. The van der Waals surface area contributed by atoms with Gasteiger partial charge in [0.1, 0.15) is 11.7 Å². The standard InChI is InChI=1S/C12H22N6/c1-4-17-5-7-18(8-6-17)12-10(11(13)14)9(2)15-16(12)3/h4-8H2,1-3H3,(H3,13,14). The third-order valence-corrected chi connectivity index (χ3v) is 3.58. The Morgan fingerprint density at radius 2 is 1.94 bits per heavy atom. The van der Waals surface area contributed by atoms with Gasteiger partial charge in [-0.15, -0.1) is 0 Å². The fourth-order valence-corrected chi connectivity index (χ4v) is 2.60. The van der Waals surface area contributed by atoms with E-state index < -0.39 is 0 Å². The summed E-state index contributed by atoms with van der Waals surface area (Å²) in [6, 6.07) is 0. The van der Waals surface area contributed by atoms with Crippen molar-refractivity contribution in [2.75, 3.05) is 37.6 Å². The highest BCUT2D eigenvalue weighted by Crippen LogP contribution is 2.23. The van der Waals surface area contributed by atoms with Crippen LogP contribution in [0.3, 0.4) is 0 Å². The van der Waals surface area contributed by atoms with Crippen molar-refractivity contribution < 1.29 is 0 Å². The summed E-state index contributed by atoms with van der Waals surface area (Å²) < 4.78 is 1.84. The van der Waals surface area contributed by atoms with Crippen molar-refractivity contribution in [3.05, 3.63) is 11.3 Å². The van der Waals surface area contributed by atoms with Crippen LogP contribution in [0, 0.1) is 12.3 Å². The van der Waals surface area contributed by atoms with Gasteiger partial charge in [-0.3, -0.25) is 10.1 Å². The van der Waals surface area contributed by atoms with Crippen LogP contribution < -0.4 is 10.6 Å². The minimum absolute atomic E-state index is 0.105. The van der Waals surface area contributed by atoms with E-state index in [1.807, 2.05) is 18.7 Å². The van der Waals surface area contributed by atoms with E-state index >= 15 is 0 Å². The maximum Gasteiger partial charge on any atom is 0.137 e. The van der Waals surface area contributed by atoms with E-state index in [4.69, 9.17) is 11.1 Å². The van der Waals surface area contributed by atoms with Gasteiger partial charge in [-0.2, -0.15) is 5.10 Å². The van der Waals surface area contributed by atoms with Crippen molar-refractivity contribution in [3.8, 4) is 0 Å². The molecule has 0 radical (unpaired) electrons. The van der Waals surface area contributed by atoms with Crippen LogP contribution in [0.1, 0.15) is 18.2 Å². The number of aryl methyl sites for hydroxylation is 2. The lowest BCUT2D eigenvalue weighted by atomic mass is 10.2. The lowest BCUT2D eigenvalue weighted by molar-refractivity contribution is 0.269. The van der Waals surface area contributed by atoms with Crippen LogP contribution >= 0.6 is 0 Å². The summed E-state index contributed by atoms with van der Waals surface area (Å²) in [5, 5.41) is 12.1. The molecule has 1 fully saturated rings. The Morgan fingerprint density at radius 1 is 1.33 bits per heavy atom. The molecule has 1 aromatic rings. The third kappa shape index (κ3) is 2.20. The van der Waals surface area contributed by atoms with Gasteiger partial charge in [-0.1, -0.05) is 6.92 Å². The lowest BCUT2D eigenvalue weighted by Crippen LogP contribution is -2.47. The maximum absolute atomic E-state index is 7.71. The number of nitrogens with one attached hydrogen (secondary N) is 1. The summed E-state index contributed by atoms with van der Waals surface area (Å²) in [6.45, 7) is 9.22. The summed E-state index contributed by atoms with van der Waals surface area (Å²) in [4.78, 5) is 4.70. The smallest absolute Gasteiger partial charge is 0.137 e. The zero-order valence-corrected chi connectivity index (χ0v) is 11.4. The van der Waals surface area contributed by atoms with Crippen LogP contribution in [-0.4, -0.2) is 53.2 Å². The second kappa shape index (κ2) is 4.97. The molecule has 1 aliphatic heterocycles. The summed E-state index contributed by atoms with van der Waals surface area (Å²) in [5.74, 6) is 1.09. The zero-order chi connectivity index (χ0) is 13.3. The molecule has 0 aliphatic carbocycles. The number of hydrogen-bond donors (Lipinski definition) is 2. The Labute approximate surface area is 108 Å². The molecule has 100 valence electrons. The first-order valence-electron chi connectivity index (χ1n) is 6.39. The number of amidine groups is 1. The Bertz CT molecular complexity index is 442. The van der Waals surface area contributed by atoms with Gasteiger partial charge in [0.25, 0.3) is 0 Å². The number of rotatable bonds is 3. The molecule has 6 nitrogen and oxygen atoms in total. The molecule has 1 saturated heterocycles. The van der Waals surface area contributed by atoms with E-state index in [1.165, 1.54) is 0 Å². The van der Waals surface area contributed by atoms with Crippen LogP contribution in [0.2, 0.25) is 0 Å². The van der Waals surface area contributed by atoms with Gasteiger partial charge in [0.2, 0.25) is 0 Å². The average Bonchev–Trinajstić information content (AvgIpc) is 2.64. The topological polar surface area (TPSA) is 74.2 Å². The highest BCUT2D eigenvalue weighted by Gasteiger charge is 2.24. The van der Waals surface area contributed by atoms with Crippen molar-refractivity contribution in [2.24, 2.45) is 12.8 Å². The molecule has 0 spiro atoms. The van der Waals surface area contributed by atoms with Gasteiger partial charge in [-0.25, -0.2) is 0 Å². The molecule has 0 atom stereocenters. The number of nitrogen functional groups attached to an aromatic ring is 1. The van der Waals surface area contributed by atoms with Gasteiger partial charge in [0, 0.05) is 33.2 Å². The van der Waals surface area contributed by atoms with E-state index in [0.717, 1.165) is 49.8 Å². The Morgan fingerprint density at radius 3 is 2.44 bits per heavy atom. The van der Waals surface area contributed by atoms with Gasteiger partial charge in [0.05, 0.1) is 11.3 Å². The SMILES string of the molecule is CCN1CCN(c2c(C(=N)N)c(C)nn2C)CC1. The second-order valence-corrected chi connectivity index (χ2v) is 4.74. The van der Waals surface area contributed by atoms with Crippen molar-refractivity contribution in [2.45, 2.75) is 13.8 Å². The van der Waals surface area contributed by atoms with E-state index in [9.17, 15) is 0 Å². The Kier molecular flexibility index (Phi) is 3.56. The van der Waals surface area contributed by atoms with Gasteiger partial charge in [0.15, 0.2) is 0 Å². The molecule has 1 aromatic heterocycles. The van der Waals surface area contributed by atoms with Crippen LogP contribution in [0.5, 0.6) is 0 Å². The lowest BCUT2D eigenvalue weighted by Gasteiger charge is -2.35. The normalized spacial score (nSPS) is 17.2. The number of anilines is 1. The van der Waals surface area contributed by atoms with Crippen molar-refractivity contribution in [1.82, 2.24) is 14.7 Å². The predicted molar refractivity (Wildman–Crippen MR) is 73.3 cm³/mol. The summed E-state index contributed by atoms with van der Waals surface area (Å²) >= 11 is 0. The van der Waals surface area contributed by atoms with E-state index in [1.54, 1.807) is 0 Å². The summed E-state index contributed by atoms with van der Waals surface area (Å²) in [5.41, 5.74) is 7.29. The first-order chi connectivity index (χ1) is 8.54. The molecule has 18 heavy (non-hydrogen) atoms. The molecular weight excluding hydrogens is 228 g/mol. The molecule has 2 heterocycles. The molecule has 0 unspecified atom stereocenters.